The van der Waals surface area contributed by atoms with Crippen LogP contribution >= 0.6 is 0 Å². The third-order valence-corrected chi connectivity index (χ3v) is 5.38. The van der Waals surface area contributed by atoms with Crippen LogP contribution in [0.2, 0.25) is 0 Å². The summed E-state index contributed by atoms with van der Waals surface area (Å²) < 4.78 is 0. The average Bonchev–Trinajstić information content (AvgIpc) is 3.00. The quantitative estimate of drug-likeness (QED) is 0.406. The summed E-state index contributed by atoms with van der Waals surface area (Å²) in [6, 6.07) is 0. The Morgan fingerprint density at radius 2 is 1.37 bits per heavy atom. The molecule has 2 atom stereocenters. The van der Waals surface area contributed by atoms with Crippen molar-refractivity contribution in [1.82, 2.24) is 14.7 Å². The smallest absolute Gasteiger partial charge is 0.232 e. The van der Waals surface area contributed by atoms with Crippen LogP contribution in [0.5, 0.6) is 0 Å². The first kappa shape index (κ1) is 21.5. The third kappa shape index (κ3) is 5.59. The van der Waals surface area contributed by atoms with Crippen LogP contribution in [0.1, 0.15) is 46.0 Å². The van der Waals surface area contributed by atoms with Gasteiger partial charge in [-0.05, 0) is 19.4 Å². The predicted octanol–water partition coefficient (Wildman–Crippen LogP) is 0.207. The third-order valence-electron chi connectivity index (χ3n) is 5.38. The summed E-state index contributed by atoms with van der Waals surface area (Å²) in [6.45, 7) is 7.17. The number of amides is 4. The molecule has 2 heterocycles. The number of hydrogen-bond acceptors (Lipinski definition) is 6. The van der Waals surface area contributed by atoms with Gasteiger partial charge in [-0.1, -0.05) is 20.3 Å². The lowest BCUT2D eigenvalue weighted by molar-refractivity contribution is -0.141. The number of nitrogens with zero attached hydrogens (tertiary/aromatic N) is 3. The molecule has 8 nitrogen and oxygen atoms in total. The minimum absolute atomic E-state index is 0.0565. The molecule has 2 aliphatic heterocycles. The zero-order chi connectivity index (χ0) is 20.0. The van der Waals surface area contributed by atoms with E-state index in [4.69, 9.17) is 5.73 Å². The molecule has 0 spiro atoms. The molecule has 152 valence electrons. The zero-order valence-corrected chi connectivity index (χ0v) is 16.5. The molecule has 27 heavy (non-hydrogen) atoms. The van der Waals surface area contributed by atoms with Gasteiger partial charge >= 0.3 is 0 Å². The number of hydrogen-bond donors (Lipinski definition) is 1. The van der Waals surface area contributed by atoms with Gasteiger partial charge in [0.25, 0.3) is 0 Å². The number of rotatable bonds is 11. The summed E-state index contributed by atoms with van der Waals surface area (Å²) in [4.78, 5) is 52.4. The molecule has 0 aromatic carbocycles. The van der Waals surface area contributed by atoms with Crippen molar-refractivity contribution in [3.63, 3.8) is 0 Å². The summed E-state index contributed by atoms with van der Waals surface area (Å²) in [7, 11) is 0. The molecule has 0 bridgehead atoms. The molecule has 2 rings (SSSR count). The van der Waals surface area contributed by atoms with E-state index in [9.17, 15) is 19.2 Å². The van der Waals surface area contributed by atoms with Crippen LogP contribution in [0, 0.1) is 11.8 Å². The molecule has 4 amide bonds. The standard InChI is InChI=1S/C19H32N4O4/c1-14-12-16(24)22(18(14)26)8-5-3-4-7-21(9-6-20)10-11-23-17(25)13-15(2)19(23)27/h14-15H,3-13,20H2,1-2H3. The van der Waals surface area contributed by atoms with Gasteiger partial charge in [-0.15, -0.1) is 0 Å². The van der Waals surface area contributed by atoms with Crippen molar-refractivity contribution in [3.05, 3.63) is 0 Å². The number of carbonyl (C=O) groups is 4. The minimum atomic E-state index is -0.209. The molecular formula is C19H32N4O4. The van der Waals surface area contributed by atoms with Crippen molar-refractivity contribution >= 4 is 23.6 Å². The van der Waals surface area contributed by atoms with Gasteiger partial charge in [-0.25, -0.2) is 0 Å². The summed E-state index contributed by atoms with van der Waals surface area (Å²) in [5.41, 5.74) is 5.68. The molecule has 2 fully saturated rings. The first-order valence-electron chi connectivity index (χ1n) is 9.96. The number of unbranched alkanes of at least 4 members (excludes halogenated alkanes) is 2. The fraction of sp³-hybridized carbons (Fsp3) is 0.789. The van der Waals surface area contributed by atoms with Crippen molar-refractivity contribution < 1.29 is 19.2 Å². The molecule has 0 saturated carbocycles. The Hall–Kier alpha value is -1.80. The normalized spacial score (nSPS) is 23.4. The zero-order valence-electron chi connectivity index (χ0n) is 16.5. The SMILES string of the molecule is CC1CC(=O)N(CCCCCN(CCN)CCN2C(=O)CC(C)C2=O)C1=O. The van der Waals surface area contributed by atoms with E-state index in [0.29, 0.717) is 45.6 Å². The molecule has 0 aromatic heterocycles. The van der Waals surface area contributed by atoms with E-state index < -0.39 is 0 Å². The van der Waals surface area contributed by atoms with Crippen LogP contribution in [0.4, 0.5) is 0 Å². The second-order valence-corrected chi connectivity index (χ2v) is 7.67. The van der Waals surface area contributed by atoms with E-state index in [2.05, 4.69) is 4.90 Å². The summed E-state index contributed by atoms with van der Waals surface area (Å²) >= 11 is 0. The maximum atomic E-state index is 12.0. The van der Waals surface area contributed by atoms with Gasteiger partial charge < -0.3 is 10.6 Å². The van der Waals surface area contributed by atoms with E-state index in [1.54, 1.807) is 13.8 Å². The Morgan fingerprint density at radius 1 is 0.815 bits per heavy atom. The summed E-state index contributed by atoms with van der Waals surface area (Å²) in [5, 5.41) is 0. The summed E-state index contributed by atoms with van der Waals surface area (Å²) in [6.07, 6.45) is 3.26. The van der Waals surface area contributed by atoms with Crippen molar-refractivity contribution in [3.8, 4) is 0 Å². The predicted molar refractivity (Wildman–Crippen MR) is 100 cm³/mol. The number of imide groups is 2. The van der Waals surface area contributed by atoms with E-state index in [-0.39, 0.29) is 35.5 Å². The molecule has 8 heteroatoms. The highest BCUT2D eigenvalue weighted by molar-refractivity contribution is 6.03. The molecule has 2 saturated heterocycles. The minimum Gasteiger partial charge on any atom is -0.329 e. The van der Waals surface area contributed by atoms with Gasteiger partial charge in [0, 0.05) is 57.4 Å². The summed E-state index contributed by atoms with van der Waals surface area (Å²) in [5.74, 6) is -0.683. The topological polar surface area (TPSA) is 104 Å². The highest BCUT2D eigenvalue weighted by Crippen LogP contribution is 2.20. The van der Waals surface area contributed by atoms with E-state index >= 15 is 0 Å². The Kier molecular flexibility index (Phi) is 7.91. The number of carbonyl (C=O) groups excluding carboxylic acids is 4. The Labute approximate surface area is 161 Å². The number of nitrogens with two attached hydrogens (primary N) is 1. The van der Waals surface area contributed by atoms with Gasteiger partial charge in [-0.3, -0.25) is 29.0 Å². The first-order chi connectivity index (χ1) is 12.8. The molecule has 2 aliphatic rings. The van der Waals surface area contributed by atoms with Crippen LogP contribution < -0.4 is 5.73 Å². The van der Waals surface area contributed by atoms with Gasteiger partial charge in [0.1, 0.15) is 0 Å². The van der Waals surface area contributed by atoms with Crippen molar-refractivity contribution in [2.75, 3.05) is 39.3 Å². The lowest BCUT2D eigenvalue weighted by atomic mass is 10.1. The molecule has 0 radical (unpaired) electrons. The van der Waals surface area contributed by atoms with E-state index in [1.165, 1.54) is 9.80 Å². The lowest BCUT2D eigenvalue weighted by Gasteiger charge is -2.24. The van der Waals surface area contributed by atoms with E-state index in [0.717, 1.165) is 25.8 Å². The fourth-order valence-electron chi connectivity index (χ4n) is 3.71. The van der Waals surface area contributed by atoms with Crippen molar-refractivity contribution in [2.45, 2.75) is 46.0 Å². The van der Waals surface area contributed by atoms with Crippen LogP contribution in [-0.4, -0.2) is 77.6 Å². The van der Waals surface area contributed by atoms with Crippen molar-refractivity contribution in [2.24, 2.45) is 17.6 Å². The number of likely N-dealkylation sites (tertiary alicyclic amines) is 2. The van der Waals surface area contributed by atoms with Crippen LogP contribution in [0.25, 0.3) is 0 Å². The van der Waals surface area contributed by atoms with Gasteiger partial charge in [0.05, 0.1) is 0 Å². The second-order valence-electron chi connectivity index (χ2n) is 7.67. The highest BCUT2D eigenvalue weighted by atomic mass is 16.2. The van der Waals surface area contributed by atoms with Crippen LogP contribution in [0.3, 0.4) is 0 Å². The van der Waals surface area contributed by atoms with Crippen LogP contribution in [-0.2, 0) is 19.2 Å². The Balaban J connectivity index is 1.67. The first-order valence-corrected chi connectivity index (χ1v) is 9.96. The molecular weight excluding hydrogens is 348 g/mol. The van der Waals surface area contributed by atoms with E-state index in [1.807, 2.05) is 0 Å². The molecule has 2 unspecified atom stereocenters. The Morgan fingerprint density at radius 3 is 1.85 bits per heavy atom. The van der Waals surface area contributed by atoms with Crippen LogP contribution in [0.15, 0.2) is 0 Å². The molecule has 2 N–H and O–H groups in total. The molecule has 0 aliphatic carbocycles. The fourth-order valence-corrected chi connectivity index (χ4v) is 3.71. The van der Waals surface area contributed by atoms with Gasteiger partial charge in [-0.2, -0.15) is 0 Å². The monoisotopic (exact) mass is 380 g/mol. The average molecular weight is 380 g/mol. The second kappa shape index (κ2) is 9.94. The maximum Gasteiger partial charge on any atom is 0.232 e. The van der Waals surface area contributed by atoms with Gasteiger partial charge in [0.15, 0.2) is 0 Å². The van der Waals surface area contributed by atoms with Crippen molar-refractivity contribution in [1.29, 1.82) is 0 Å². The Bertz CT molecular complexity index is 580. The van der Waals surface area contributed by atoms with Gasteiger partial charge in [0.2, 0.25) is 23.6 Å². The molecule has 0 aromatic rings. The maximum absolute atomic E-state index is 12.0. The lowest BCUT2D eigenvalue weighted by Crippen LogP contribution is -2.40. The largest absolute Gasteiger partial charge is 0.329 e. The highest BCUT2D eigenvalue weighted by Gasteiger charge is 2.35.